The van der Waals surface area contributed by atoms with Gasteiger partial charge in [0.15, 0.2) is 0 Å². The van der Waals surface area contributed by atoms with Gasteiger partial charge in [-0.05, 0) is 44.9 Å². The van der Waals surface area contributed by atoms with Crippen molar-refractivity contribution in [3.8, 4) is 0 Å². The van der Waals surface area contributed by atoms with Gasteiger partial charge in [0.1, 0.15) is 0 Å². The molecule has 0 fully saturated rings. The SMILES string of the molecule is CCCCC/C=C/CC/C=C/CC/C=C/C(O)C(CO)NC(=O)CC(O)CCCCCCCCCCCCCCC. The van der Waals surface area contributed by atoms with Crippen LogP contribution in [0.2, 0.25) is 0 Å². The first-order chi connectivity index (χ1) is 20.0. The van der Waals surface area contributed by atoms with Crippen molar-refractivity contribution in [3.63, 3.8) is 0 Å². The molecule has 41 heavy (non-hydrogen) atoms. The largest absolute Gasteiger partial charge is 0.394 e. The van der Waals surface area contributed by atoms with Crippen LogP contribution in [0.15, 0.2) is 36.5 Å². The molecule has 0 aliphatic heterocycles. The van der Waals surface area contributed by atoms with Crippen molar-refractivity contribution in [2.75, 3.05) is 6.61 Å². The Morgan fingerprint density at radius 3 is 1.56 bits per heavy atom. The first-order valence-electron chi connectivity index (χ1n) is 17.3. The summed E-state index contributed by atoms with van der Waals surface area (Å²) in [5, 5.41) is 32.9. The van der Waals surface area contributed by atoms with E-state index < -0.39 is 18.2 Å². The first-order valence-corrected chi connectivity index (χ1v) is 17.3. The highest BCUT2D eigenvalue weighted by atomic mass is 16.3. The third-order valence-electron chi connectivity index (χ3n) is 7.66. The molecule has 0 rings (SSSR count). The zero-order valence-corrected chi connectivity index (χ0v) is 26.9. The fourth-order valence-electron chi connectivity index (χ4n) is 4.96. The van der Waals surface area contributed by atoms with Gasteiger partial charge in [0, 0.05) is 0 Å². The summed E-state index contributed by atoms with van der Waals surface area (Å²) >= 11 is 0. The van der Waals surface area contributed by atoms with E-state index in [1.807, 2.05) is 6.08 Å². The number of unbranched alkanes of at least 4 members (excludes halogenated alkanes) is 17. The number of allylic oxidation sites excluding steroid dienone is 5. The first kappa shape index (κ1) is 39.6. The van der Waals surface area contributed by atoms with Gasteiger partial charge in [-0.2, -0.15) is 0 Å². The maximum atomic E-state index is 12.3. The zero-order valence-electron chi connectivity index (χ0n) is 26.9. The third-order valence-corrected chi connectivity index (χ3v) is 7.66. The van der Waals surface area contributed by atoms with Crippen LogP contribution in [-0.4, -0.2) is 46.1 Å². The number of rotatable bonds is 30. The summed E-state index contributed by atoms with van der Waals surface area (Å²) in [5.74, 6) is -0.332. The van der Waals surface area contributed by atoms with Gasteiger partial charge >= 0.3 is 0 Å². The van der Waals surface area contributed by atoms with Crippen molar-refractivity contribution in [2.45, 2.75) is 180 Å². The van der Waals surface area contributed by atoms with Crippen LogP contribution in [0.4, 0.5) is 0 Å². The second kappa shape index (κ2) is 31.5. The molecule has 0 aromatic heterocycles. The summed E-state index contributed by atoms with van der Waals surface area (Å²) in [5.41, 5.74) is 0. The van der Waals surface area contributed by atoms with E-state index in [0.717, 1.165) is 38.5 Å². The fraction of sp³-hybridized carbons (Fsp3) is 0.806. The number of aliphatic hydroxyl groups excluding tert-OH is 3. The van der Waals surface area contributed by atoms with Crippen molar-refractivity contribution < 1.29 is 20.1 Å². The third kappa shape index (κ3) is 28.5. The molecule has 4 N–H and O–H groups in total. The van der Waals surface area contributed by atoms with Crippen LogP contribution in [0.25, 0.3) is 0 Å². The van der Waals surface area contributed by atoms with Crippen molar-refractivity contribution in [1.82, 2.24) is 5.32 Å². The summed E-state index contributed by atoms with van der Waals surface area (Å²) in [7, 11) is 0. The van der Waals surface area contributed by atoms with E-state index in [1.165, 1.54) is 96.3 Å². The number of hydrogen-bond donors (Lipinski definition) is 4. The molecule has 0 heterocycles. The molecule has 0 saturated carbocycles. The number of hydrogen-bond acceptors (Lipinski definition) is 4. The van der Waals surface area contributed by atoms with Crippen LogP contribution in [0.1, 0.15) is 162 Å². The minimum Gasteiger partial charge on any atom is -0.394 e. The number of amides is 1. The van der Waals surface area contributed by atoms with E-state index >= 15 is 0 Å². The van der Waals surface area contributed by atoms with E-state index in [2.05, 4.69) is 43.5 Å². The maximum absolute atomic E-state index is 12.3. The molecular weight excluding hydrogens is 510 g/mol. The molecule has 0 radical (unpaired) electrons. The van der Waals surface area contributed by atoms with Crippen LogP contribution in [0.3, 0.4) is 0 Å². The molecule has 0 spiro atoms. The van der Waals surface area contributed by atoms with Gasteiger partial charge in [0.25, 0.3) is 0 Å². The summed E-state index contributed by atoms with van der Waals surface area (Å²) in [6.07, 6.45) is 36.9. The Hall–Kier alpha value is -1.43. The lowest BCUT2D eigenvalue weighted by molar-refractivity contribution is -0.124. The van der Waals surface area contributed by atoms with Crippen molar-refractivity contribution >= 4 is 5.91 Å². The van der Waals surface area contributed by atoms with Crippen LogP contribution in [0.5, 0.6) is 0 Å². The minimum atomic E-state index is -0.955. The lowest BCUT2D eigenvalue weighted by Gasteiger charge is -2.21. The van der Waals surface area contributed by atoms with Gasteiger partial charge < -0.3 is 20.6 Å². The monoisotopic (exact) mass is 578 g/mol. The highest BCUT2D eigenvalue weighted by Crippen LogP contribution is 2.14. The van der Waals surface area contributed by atoms with Crippen molar-refractivity contribution in [3.05, 3.63) is 36.5 Å². The molecule has 0 aliphatic rings. The summed E-state index contributed by atoms with van der Waals surface area (Å²) in [6.45, 7) is 4.13. The summed E-state index contributed by atoms with van der Waals surface area (Å²) in [4.78, 5) is 12.3. The zero-order chi connectivity index (χ0) is 30.2. The Morgan fingerprint density at radius 1 is 0.610 bits per heavy atom. The molecule has 0 aliphatic carbocycles. The Labute approximate surface area is 254 Å². The van der Waals surface area contributed by atoms with E-state index in [0.29, 0.717) is 6.42 Å². The lowest BCUT2D eigenvalue weighted by Crippen LogP contribution is -2.45. The van der Waals surface area contributed by atoms with Gasteiger partial charge in [-0.25, -0.2) is 0 Å². The average molecular weight is 578 g/mol. The number of carbonyl (C=O) groups excluding carboxylic acids is 1. The van der Waals surface area contributed by atoms with Gasteiger partial charge in [-0.15, -0.1) is 0 Å². The van der Waals surface area contributed by atoms with E-state index in [-0.39, 0.29) is 18.9 Å². The van der Waals surface area contributed by atoms with Crippen LogP contribution in [-0.2, 0) is 4.79 Å². The normalized spacial score (nSPS) is 14.4. The molecule has 240 valence electrons. The van der Waals surface area contributed by atoms with Crippen LogP contribution >= 0.6 is 0 Å². The molecular formula is C36H67NO4. The molecule has 3 atom stereocenters. The van der Waals surface area contributed by atoms with E-state index in [1.54, 1.807) is 6.08 Å². The lowest BCUT2D eigenvalue weighted by atomic mass is 10.0. The van der Waals surface area contributed by atoms with Crippen LogP contribution < -0.4 is 5.32 Å². The molecule has 0 saturated heterocycles. The quantitative estimate of drug-likeness (QED) is 0.0507. The van der Waals surface area contributed by atoms with Gasteiger partial charge in [-0.3, -0.25) is 4.79 Å². The standard InChI is InChI=1S/C36H67NO4/c1-3-5-7-9-11-13-15-17-19-21-23-25-27-29-33(39)31-36(41)37-34(32-38)35(40)30-28-26-24-22-20-18-16-14-12-10-8-6-4-2/h12,14,20,22,28,30,33-35,38-40H,3-11,13,15-19,21,23-27,29,31-32H2,1-2H3,(H,37,41)/b14-12+,22-20+,30-28+. The molecule has 1 amide bonds. The summed E-state index contributed by atoms with van der Waals surface area (Å²) in [6, 6.07) is -0.762. The molecule has 5 heteroatoms. The number of nitrogens with one attached hydrogen (secondary N) is 1. The molecule has 0 aromatic rings. The van der Waals surface area contributed by atoms with E-state index in [9.17, 15) is 20.1 Å². The van der Waals surface area contributed by atoms with Crippen LogP contribution in [0, 0.1) is 0 Å². The second-order valence-electron chi connectivity index (χ2n) is 11.8. The molecule has 3 unspecified atom stereocenters. The highest BCUT2D eigenvalue weighted by molar-refractivity contribution is 5.76. The molecule has 0 aromatic carbocycles. The number of aliphatic hydroxyl groups is 3. The van der Waals surface area contributed by atoms with Gasteiger partial charge in [-0.1, -0.05) is 147 Å². The van der Waals surface area contributed by atoms with Crippen molar-refractivity contribution in [2.24, 2.45) is 0 Å². The second-order valence-corrected chi connectivity index (χ2v) is 11.8. The topological polar surface area (TPSA) is 89.8 Å². The predicted octanol–water partition coefficient (Wildman–Crippen LogP) is 8.87. The molecule has 0 bridgehead atoms. The Kier molecular flexibility index (Phi) is 30.4. The summed E-state index contributed by atoms with van der Waals surface area (Å²) < 4.78 is 0. The molecule has 5 nitrogen and oxygen atoms in total. The van der Waals surface area contributed by atoms with Crippen molar-refractivity contribution in [1.29, 1.82) is 0 Å². The predicted molar refractivity (Wildman–Crippen MR) is 176 cm³/mol. The number of carbonyl (C=O) groups is 1. The average Bonchev–Trinajstić information content (AvgIpc) is 2.96. The Morgan fingerprint density at radius 2 is 1.05 bits per heavy atom. The highest BCUT2D eigenvalue weighted by Gasteiger charge is 2.20. The fourth-order valence-corrected chi connectivity index (χ4v) is 4.96. The van der Waals surface area contributed by atoms with Gasteiger partial charge in [0.2, 0.25) is 5.91 Å². The maximum Gasteiger partial charge on any atom is 0.222 e. The van der Waals surface area contributed by atoms with E-state index in [4.69, 9.17) is 0 Å². The Bertz CT molecular complexity index is 645. The smallest absolute Gasteiger partial charge is 0.222 e. The Balaban J connectivity index is 3.84. The van der Waals surface area contributed by atoms with Gasteiger partial charge in [0.05, 0.1) is 31.3 Å². The minimum absolute atomic E-state index is 0.00388.